The van der Waals surface area contributed by atoms with E-state index in [1.165, 1.54) is 0 Å². The predicted octanol–water partition coefficient (Wildman–Crippen LogP) is 1.65. The molecule has 100 valence electrons. The number of aryl methyl sites for hydroxylation is 2. The molecule has 1 aromatic heterocycles. The van der Waals surface area contributed by atoms with Crippen LogP contribution in [0.25, 0.3) is 10.9 Å². The molecular weight excluding hydrogens is 239 g/mol. The lowest BCUT2D eigenvalue weighted by Crippen LogP contribution is -2.47. The number of rotatable bonds is 1. The minimum Gasteiger partial charge on any atom is -0.407 e. The molecule has 2 heterocycles. The van der Waals surface area contributed by atoms with Crippen LogP contribution in [-0.2, 0) is 16.4 Å². The fraction of sp³-hybridized carbons (Fsp3) is 0.500. The Labute approximate surface area is 113 Å². The Bertz CT molecular complexity index is 611. The second kappa shape index (κ2) is 4.35. The average molecular weight is 258 g/mol. The van der Waals surface area contributed by atoms with Crippen LogP contribution in [0, 0.1) is 12.3 Å². The molecule has 2 aromatic rings. The summed E-state index contributed by atoms with van der Waals surface area (Å²) >= 11 is 0. The van der Waals surface area contributed by atoms with Gasteiger partial charge in [0.2, 0.25) is 0 Å². The summed E-state index contributed by atoms with van der Waals surface area (Å²) in [6.07, 6.45) is 0. The topological polar surface area (TPSA) is 36.3 Å². The van der Waals surface area contributed by atoms with E-state index in [-0.39, 0.29) is 12.5 Å². The molecule has 1 aromatic carbocycles. The molecule has 1 aliphatic rings. The molecule has 1 saturated heterocycles. The Hall–Kier alpha value is -1.33. The van der Waals surface area contributed by atoms with Gasteiger partial charge in [-0.2, -0.15) is 5.10 Å². The molecular formula is C14H19BN2O2. The molecule has 0 bridgehead atoms. The van der Waals surface area contributed by atoms with Crippen molar-refractivity contribution >= 4 is 23.5 Å². The Morgan fingerprint density at radius 3 is 2.63 bits per heavy atom. The Morgan fingerprint density at radius 2 is 1.95 bits per heavy atom. The third-order valence-electron chi connectivity index (χ3n) is 3.59. The van der Waals surface area contributed by atoms with Crippen LogP contribution >= 0.6 is 0 Å². The lowest BCUT2D eigenvalue weighted by atomic mass is 9.74. The number of aromatic nitrogens is 2. The van der Waals surface area contributed by atoms with E-state index in [0.717, 1.165) is 22.1 Å². The summed E-state index contributed by atoms with van der Waals surface area (Å²) in [6, 6.07) is 6.18. The molecule has 5 heteroatoms. The lowest BCUT2D eigenvalue weighted by Gasteiger charge is -2.33. The zero-order chi connectivity index (χ0) is 13.6. The molecule has 0 aliphatic carbocycles. The standard InChI is InChI=1S/C14H19BN2O2/c1-10-13-11(6-5-7-12(13)17(4)16-10)15-18-8-14(2,3)9-19-15/h5-7H,8-9H2,1-4H3. The summed E-state index contributed by atoms with van der Waals surface area (Å²) in [6.45, 7) is 7.76. The summed E-state index contributed by atoms with van der Waals surface area (Å²) in [5.41, 5.74) is 3.31. The van der Waals surface area contributed by atoms with Crippen LogP contribution in [0.4, 0.5) is 0 Å². The number of benzene rings is 1. The van der Waals surface area contributed by atoms with Crippen molar-refractivity contribution in [3.63, 3.8) is 0 Å². The van der Waals surface area contributed by atoms with Crippen LogP contribution in [0.3, 0.4) is 0 Å². The molecule has 0 radical (unpaired) electrons. The van der Waals surface area contributed by atoms with Crippen molar-refractivity contribution in [2.45, 2.75) is 20.8 Å². The molecule has 19 heavy (non-hydrogen) atoms. The van der Waals surface area contributed by atoms with Crippen molar-refractivity contribution < 1.29 is 9.31 Å². The molecule has 3 rings (SSSR count). The van der Waals surface area contributed by atoms with Crippen molar-refractivity contribution in [1.82, 2.24) is 9.78 Å². The van der Waals surface area contributed by atoms with Gasteiger partial charge in [-0.15, -0.1) is 0 Å². The highest BCUT2D eigenvalue weighted by atomic mass is 16.6. The SMILES string of the molecule is Cc1nn(C)c2cccc(B3OCC(C)(C)CO3)c12. The number of hydrogen-bond donors (Lipinski definition) is 0. The van der Waals surface area contributed by atoms with E-state index in [4.69, 9.17) is 9.31 Å². The van der Waals surface area contributed by atoms with Gasteiger partial charge in [0.15, 0.2) is 0 Å². The second-order valence-corrected chi connectivity index (χ2v) is 6.07. The lowest BCUT2D eigenvalue weighted by molar-refractivity contribution is 0.0344. The number of hydrogen-bond acceptors (Lipinski definition) is 3. The largest absolute Gasteiger partial charge is 0.494 e. The van der Waals surface area contributed by atoms with Crippen LogP contribution in [-0.4, -0.2) is 30.1 Å². The Balaban J connectivity index is 2.02. The van der Waals surface area contributed by atoms with Crippen molar-refractivity contribution in [3.05, 3.63) is 23.9 Å². The fourth-order valence-corrected chi connectivity index (χ4v) is 2.62. The third-order valence-corrected chi connectivity index (χ3v) is 3.59. The van der Waals surface area contributed by atoms with Crippen LogP contribution in [0.1, 0.15) is 19.5 Å². The zero-order valence-corrected chi connectivity index (χ0v) is 11.9. The van der Waals surface area contributed by atoms with E-state index in [2.05, 4.69) is 31.1 Å². The van der Waals surface area contributed by atoms with Crippen molar-refractivity contribution in [3.8, 4) is 0 Å². The highest BCUT2D eigenvalue weighted by molar-refractivity contribution is 6.64. The van der Waals surface area contributed by atoms with Gasteiger partial charge in [-0.1, -0.05) is 26.0 Å². The molecule has 4 nitrogen and oxygen atoms in total. The van der Waals surface area contributed by atoms with E-state index in [1.54, 1.807) is 0 Å². The minimum atomic E-state index is -0.278. The van der Waals surface area contributed by atoms with E-state index >= 15 is 0 Å². The highest BCUT2D eigenvalue weighted by Crippen LogP contribution is 2.23. The van der Waals surface area contributed by atoms with Crippen molar-refractivity contribution in [2.24, 2.45) is 12.5 Å². The van der Waals surface area contributed by atoms with Crippen molar-refractivity contribution in [1.29, 1.82) is 0 Å². The quantitative estimate of drug-likeness (QED) is 0.730. The maximum absolute atomic E-state index is 5.89. The van der Waals surface area contributed by atoms with Gasteiger partial charge in [0.05, 0.1) is 11.2 Å². The molecule has 0 saturated carbocycles. The first-order chi connectivity index (χ1) is 8.98. The van der Waals surface area contributed by atoms with Gasteiger partial charge < -0.3 is 9.31 Å². The fourth-order valence-electron chi connectivity index (χ4n) is 2.62. The van der Waals surface area contributed by atoms with Crippen LogP contribution in [0.15, 0.2) is 18.2 Å². The van der Waals surface area contributed by atoms with Gasteiger partial charge in [-0.3, -0.25) is 4.68 Å². The predicted molar refractivity (Wildman–Crippen MR) is 76.5 cm³/mol. The second-order valence-electron chi connectivity index (χ2n) is 6.07. The smallest absolute Gasteiger partial charge is 0.407 e. The zero-order valence-electron chi connectivity index (χ0n) is 11.9. The molecule has 1 fully saturated rings. The summed E-state index contributed by atoms with van der Waals surface area (Å²) in [7, 11) is 1.68. The van der Waals surface area contributed by atoms with Crippen LogP contribution in [0.2, 0.25) is 0 Å². The van der Waals surface area contributed by atoms with Gasteiger partial charge in [0.1, 0.15) is 0 Å². The maximum atomic E-state index is 5.89. The average Bonchev–Trinajstić information content (AvgIpc) is 2.65. The third kappa shape index (κ3) is 2.17. The van der Waals surface area contributed by atoms with Gasteiger partial charge in [0.25, 0.3) is 0 Å². The normalized spacial score (nSPS) is 19.1. The molecule has 0 N–H and O–H groups in total. The Morgan fingerprint density at radius 1 is 1.26 bits per heavy atom. The summed E-state index contributed by atoms with van der Waals surface area (Å²) in [4.78, 5) is 0. The van der Waals surface area contributed by atoms with Crippen molar-refractivity contribution in [2.75, 3.05) is 13.2 Å². The first-order valence-corrected chi connectivity index (χ1v) is 6.63. The van der Waals surface area contributed by atoms with Crippen LogP contribution in [0.5, 0.6) is 0 Å². The highest BCUT2D eigenvalue weighted by Gasteiger charge is 2.34. The van der Waals surface area contributed by atoms with E-state index in [0.29, 0.717) is 13.2 Å². The van der Waals surface area contributed by atoms with E-state index in [1.807, 2.05) is 24.7 Å². The van der Waals surface area contributed by atoms with E-state index in [9.17, 15) is 0 Å². The first-order valence-electron chi connectivity index (χ1n) is 6.63. The van der Waals surface area contributed by atoms with Gasteiger partial charge in [0, 0.05) is 31.1 Å². The minimum absolute atomic E-state index is 0.0916. The van der Waals surface area contributed by atoms with Gasteiger partial charge in [-0.25, -0.2) is 0 Å². The summed E-state index contributed by atoms with van der Waals surface area (Å²) in [5.74, 6) is 0. The van der Waals surface area contributed by atoms with Gasteiger partial charge >= 0.3 is 7.12 Å². The molecule has 1 aliphatic heterocycles. The summed E-state index contributed by atoms with van der Waals surface area (Å²) < 4.78 is 13.7. The molecule has 0 atom stereocenters. The Kier molecular flexibility index (Phi) is 2.91. The van der Waals surface area contributed by atoms with Gasteiger partial charge in [-0.05, 0) is 18.5 Å². The summed E-state index contributed by atoms with van der Waals surface area (Å²) in [5, 5.41) is 5.63. The molecule has 0 spiro atoms. The van der Waals surface area contributed by atoms with Crippen LogP contribution < -0.4 is 5.46 Å². The monoisotopic (exact) mass is 258 g/mol. The maximum Gasteiger partial charge on any atom is 0.494 e. The number of fused-ring (bicyclic) bond motifs is 1. The molecule has 0 amide bonds. The molecule has 0 unspecified atom stereocenters. The number of nitrogens with zero attached hydrogens (tertiary/aromatic N) is 2. The van der Waals surface area contributed by atoms with E-state index < -0.39 is 0 Å². The first kappa shape index (κ1) is 12.7.